The van der Waals surface area contributed by atoms with Crippen LogP contribution in [0.25, 0.3) is 0 Å². The number of aliphatic hydroxyl groups is 1. The van der Waals surface area contributed by atoms with Crippen molar-refractivity contribution in [3.05, 3.63) is 0 Å². The zero-order valence-corrected chi connectivity index (χ0v) is 6.76. The molecule has 4 nitrogen and oxygen atoms in total. The van der Waals surface area contributed by atoms with Crippen LogP contribution >= 0.6 is 0 Å². The minimum Gasteiger partial charge on any atom is -0.395 e. The van der Waals surface area contributed by atoms with Crippen molar-refractivity contribution in [3.8, 4) is 0 Å². The van der Waals surface area contributed by atoms with E-state index in [4.69, 9.17) is 10.8 Å². The van der Waals surface area contributed by atoms with Gasteiger partial charge in [0, 0.05) is 6.04 Å². The molecule has 3 N–H and O–H groups in total. The standard InChI is InChI=1S/C5H13NO3S/c1-5(6)4-10(8,9)3-2-7/h5,7H,2-4,6H2,1H3. The molecule has 0 bridgehead atoms. The van der Waals surface area contributed by atoms with E-state index in [2.05, 4.69) is 0 Å². The number of sulfone groups is 1. The van der Waals surface area contributed by atoms with Crippen molar-refractivity contribution in [3.63, 3.8) is 0 Å². The predicted molar refractivity (Wildman–Crippen MR) is 39.4 cm³/mol. The van der Waals surface area contributed by atoms with Gasteiger partial charge in [0.05, 0.1) is 18.1 Å². The van der Waals surface area contributed by atoms with E-state index in [0.717, 1.165) is 0 Å². The molecule has 0 fully saturated rings. The zero-order valence-electron chi connectivity index (χ0n) is 5.95. The Hall–Kier alpha value is -0.130. The van der Waals surface area contributed by atoms with Gasteiger partial charge in [0.15, 0.2) is 9.84 Å². The van der Waals surface area contributed by atoms with Gasteiger partial charge >= 0.3 is 0 Å². The van der Waals surface area contributed by atoms with Crippen LogP contribution in [0.3, 0.4) is 0 Å². The molecule has 0 rings (SSSR count). The molecular formula is C5H13NO3S. The summed E-state index contributed by atoms with van der Waals surface area (Å²) in [6.07, 6.45) is 0. The van der Waals surface area contributed by atoms with Gasteiger partial charge in [0.25, 0.3) is 0 Å². The number of hydrogen-bond acceptors (Lipinski definition) is 4. The van der Waals surface area contributed by atoms with Gasteiger partial charge in [-0.3, -0.25) is 0 Å². The molecule has 0 amide bonds. The molecule has 0 aromatic carbocycles. The molecule has 0 aliphatic heterocycles. The molecule has 62 valence electrons. The fraction of sp³-hybridized carbons (Fsp3) is 1.00. The first-order valence-corrected chi connectivity index (χ1v) is 4.87. The summed E-state index contributed by atoms with van der Waals surface area (Å²) in [5, 5.41) is 8.29. The number of rotatable bonds is 4. The van der Waals surface area contributed by atoms with Gasteiger partial charge in [-0.1, -0.05) is 0 Å². The second-order valence-corrected chi connectivity index (χ2v) is 4.54. The zero-order chi connectivity index (χ0) is 8.20. The molecule has 0 radical (unpaired) electrons. The highest BCUT2D eigenvalue weighted by Gasteiger charge is 2.11. The summed E-state index contributed by atoms with van der Waals surface area (Å²) in [5.41, 5.74) is 5.25. The maximum absolute atomic E-state index is 10.8. The van der Waals surface area contributed by atoms with Crippen LogP contribution in [0.5, 0.6) is 0 Å². The highest BCUT2D eigenvalue weighted by molar-refractivity contribution is 7.91. The summed E-state index contributed by atoms with van der Waals surface area (Å²) >= 11 is 0. The van der Waals surface area contributed by atoms with Crippen molar-refractivity contribution in [1.82, 2.24) is 0 Å². The summed E-state index contributed by atoms with van der Waals surface area (Å²) in [7, 11) is -3.11. The van der Waals surface area contributed by atoms with Crippen molar-refractivity contribution in [2.75, 3.05) is 18.1 Å². The Balaban J connectivity index is 3.89. The van der Waals surface area contributed by atoms with Crippen LogP contribution in [0.15, 0.2) is 0 Å². The lowest BCUT2D eigenvalue weighted by molar-refractivity contribution is 0.319. The molecule has 1 atom stereocenters. The Bertz CT molecular complexity index is 173. The van der Waals surface area contributed by atoms with Crippen molar-refractivity contribution < 1.29 is 13.5 Å². The van der Waals surface area contributed by atoms with Gasteiger partial charge in [-0.15, -0.1) is 0 Å². The van der Waals surface area contributed by atoms with Gasteiger partial charge in [0.1, 0.15) is 0 Å². The maximum Gasteiger partial charge on any atom is 0.154 e. The van der Waals surface area contributed by atoms with E-state index < -0.39 is 9.84 Å². The van der Waals surface area contributed by atoms with Crippen molar-refractivity contribution in [2.45, 2.75) is 13.0 Å². The van der Waals surface area contributed by atoms with Gasteiger partial charge < -0.3 is 10.8 Å². The summed E-state index contributed by atoms with van der Waals surface area (Å²) in [6.45, 7) is 1.30. The highest BCUT2D eigenvalue weighted by atomic mass is 32.2. The average molecular weight is 167 g/mol. The van der Waals surface area contributed by atoms with Gasteiger partial charge in [-0.25, -0.2) is 8.42 Å². The van der Waals surface area contributed by atoms with Crippen LogP contribution in [-0.4, -0.2) is 37.7 Å². The Morgan fingerprint density at radius 3 is 2.40 bits per heavy atom. The normalized spacial score (nSPS) is 15.1. The van der Waals surface area contributed by atoms with Crippen LogP contribution in [0, 0.1) is 0 Å². The SMILES string of the molecule is CC(N)CS(=O)(=O)CCO. The van der Waals surface area contributed by atoms with E-state index >= 15 is 0 Å². The predicted octanol–water partition coefficient (Wildman–Crippen LogP) is -1.26. The fourth-order valence-electron chi connectivity index (χ4n) is 0.623. The van der Waals surface area contributed by atoms with Crippen LogP contribution in [-0.2, 0) is 9.84 Å². The molecule has 0 aromatic rings. The summed E-state index contributed by atoms with van der Waals surface area (Å²) in [6, 6.07) is -0.350. The Labute approximate surface area is 61.0 Å². The van der Waals surface area contributed by atoms with E-state index in [1.54, 1.807) is 6.92 Å². The lowest BCUT2D eigenvalue weighted by Gasteiger charge is -2.03. The minimum atomic E-state index is -3.11. The molecule has 0 aliphatic carbocycles. The fourth-order valence-corrected chi connectivity index (χ4v) is 1.87. The number of aliphatic hydroxyl groups excluding tert-OH is 1. The maximum atomic E-state index is 10.8. The van der Waals surface area contributed by atoms with Crippen LogP contribution in [0.4, 0.5) is 0 Å². The topological polar surface area (TPSA) is 80.4 Å². The van der Waals surface area contributed by atoms with Crippen molar-refractivity contribution in [2.24, 2.45) is 5.73 Å². The van der Waals surface area contributed by atoms with Crippen molar-refractivity contribution >= 4 is 9.84 Å². The first-order chi connectivity index (χ1) is 4.48. The van der Waals surface area contributed by atoms with E-state index in [-0.39, 0.29) is 24.2 Å². The molecule has 0 spiro atoms. The summed E-state index contributed by atoms with van der Waals surface area (Å²) in [4.78, 5) is 0. The van der Waals surface area contributed by atoms with Crippen LogP contribution in [0.2, 0.25) is 0 Å². The monoisotopic (exact) mass is 167 g/mol. The second-order valence-electron chi connectivity index (χ2n) is 2.32. The lowest BCUT2D eigenvalue weighted by Crippen LogP contribution is -2.28. The molecule has 10 heavy (non-hydrogen) atoms. The second kappa shape index (κ2) is 3.90. The first kappa shape index (κ1) is 9.87. The average Bonchev–Trinajstić information content (AvgIpc) is 1.59. The van der Waals surface area contributed by atoms with Crippen LogP contribution in [0.1, 0.15) is 6.92 Å². The molecule has 5 heteroatoms. The smallest absolute Gasteiger partial charge is 0.154 e. The Kier molecular flexibility index (Phi) is 3.85. The third-order valence-corrected chi connectivity index (χ3v) is 2.76. The molecule has 0 heterocycles. The lowest BCUT2D eigenvalue weighted by atomic mass is 10.4. The first-order valence-electron chi connectivity index (χ1n) is 3.05. The van der Waals surface area contributed by atoms with Gasteiger partial charge in [0.2, 0.25) is 0 Å². The third-order valence-electron chi connectivity index (χ3n) is 0.919. The van der Waals surface area contributed by atoms with E-state index in [9.17, 15) is 8.42 Å². The largest absolute Gasteiger partial charge is 0.395 e. The molecule has 0 aromatic heterocycles. The minimum absolute atomic E-state index is 0.0481. The summed E-state index contributed by atoms with van der Waals surface area (Å²) in [5.74, 6) is -0.234. The number of nitrogens with two attached hydrogens (primary N) is 1. The molecule has 0 saturated carbocycles. The van der Waals surface area contributed by atoms with Gasteiger partial charge in [-0.2, -0.15) is 0 Å². The molecule has 1 unspecified atom stereocenters. The Morgan fingerprint density at radius 1 is 1.60 bits per heavy atom. The molecule has 0 aliphatic rings. The molecular weight excluding hydrogens is 154 g/mol. The highest BCUT2D eigenvalue weighted by Crippen LogP contribution is 1.91. The number of hydrogen-bond donors (Lipinski definition) is 2. The van der Waals surface area contributed by atoms with E-state index in [1.165, 1.54) is 0 Å². The van der Waals surface area contributed by atoms with Gasteiger partial charge in [-0.05, 0) is 6.92 Å². The van der Waals surface area contributed by atoms with Crippen molar-refractivity contribution in [1.29, 1.82) is 0 Å². The van der Waals surface area contributed by atoms with Crippen LogP contribution < -0.4 is 5.73 Å². The van der Waals surface area contributed by atoms with E-state index in [0.29, 0.717) is 0 Å². The molecule has 0 saturated heterocycles. The summed E-state index contributed by atoms with van der Waals surface area (Å²) < 4.78 is 21.6. The quantitative estimate of drug-likeness (QED) is 0.547. The Morgan fingerprint density at radius 2 is 2.10 bits per heavy atom. The van der Waals surface area contributed by atoms with E-state index in [1.807, 2.05) is 0 Å². The third kappa shape index (κ3) is 4.72.